The number of esters is 1. The van der Waals surface area contributed by atoms with Crippen LogP contribution in [0.25, 0.3) is 0 Å². The Morgan fingerprint density at radius 3 is 2.83 bits per heavy atom. The van der Waals surface area contributed by atoms with Crippen molar-refractivity contribution in [3.8, 4) is 0 Å². The molecule has 130 valence electrons. The standard InChI is InChI=1S/C14H14F3N3O3S/c15-14(16,17)12-9(7-19-20-12)2-5-23-11(21)1-4-18-13(22)10-3-6-24-8-10/h3,6-8H,1-2,4-5H2,(H,18,22)(H,19,20). The van der Waals surface area contributed by atoms with Crippen LogP contribution in [0, 0.1) is 0 Å². The number of alkyl halides is 3. The van der Waals surface area contributed by atoms with Crippen LogP contribution in [0.4, 0.5) is 13.2 Å². The van der Waals surface area contributed by atoms with Gasteiger partial charge in [0.05, 0.1) is 19.2 Å². The van der Waals surface area contributed by atoms with E-state index in [1.807, 2.05) is 5.10 Å². The first-order valence-electron chi connectivity index (χ1n) is 6.93. The first kappa shape index (κ1) is 18.0. The molecule has 10 heteroatoms. The number of rotatable bonds is 7. The van der Waals surface area contributed by atoms with Gasteiger partial charge in [-0.15, -0.1) is 0 Å². The predicted molar refractivity (Wildman–Crippen MR) is 79.5 cm³/mol. The summed E-state index contributed by atoms with van der Waals surface area (Å²) >= 11 is 1.38. The Morgan fingerprint density at radius 1 is 1.38 bits per heavy atom. The van der Waals surface area contributed by atoms with Crippen LogP contribution < -0.4 is 5.32 Å². The lowest BCUT2D eigenvalue weighted by Crippen LogP contribution is -2.26. The number of nitrogens with one attached hydrogen (secondary N) is 2. The Morgan fingerprint density at radius 2 is 2.17 bits per heavy atom. The third-order valence-electron chi connectivity index (χ3n) is 3.03. The smallest absolute Gasteiger partial charge is 0.433 e. The van der Waals surface area contributed by atoms with E-state index in [0.717, 1.165) is 6.20 Å². The number of amides is 1. The lowest BCUT2D eigenvalue weighted by molar-refractivity contribution is -0.143. The summed E-state index contributed by atoms with van der Waals surface area (Å²) < 4.78 is 42.7. The van der Waals surface area contributed by atoms with E-state index in [1.54, 1.807) is 16.8 Å². The van der Waals surface area contributed by atoms with Crippen LogP contribution in [-0.2, 0) is 22.1 Å². The summed E-state index contributed by atoms with van der Waals surface area (Å²) in [6.07, 6.45) is -3.63. The highest BCUT2D eigenvalue weighted by Gasteiger charge is 2.35. The van der Waals surface area contributed by atoms with Crippen molar-refractivity contribution in [3.05, 3.63) is 39.8 Å². The Labute approximate surface area is 139 Å². The number of thiophene rings is 1. The molecule has 2 rings (SSSR count). The maximum atomic E-state index is 12.6. The molecule has 0 unspecified atom stereocenters. The van der Waals surface area contributed by atoms with E-state index in [4.69, 9.17) is 4.74 Å². The van der Waals surface area contributed by atoms with Gasteiger partial charge < -0.3 is 10.1 Å². The number of ether oxygens (including phenoxy) is 1. The second kappa shape index (κ2) is 7.95. The molecule has 0 atom stereocenters. The predicted octanol–water partition coefficient (Wildman–Crippen LogP) is 2.40. The molecule has 1 amide bonds. The number of hydrogen-bond acceptors (Lipinski definition) is 5. The number of halogens is 3. The van der Waals surface area contributed by atoms with Crippen LogP contribution in [0.15, 0.2) is 23.0 Å². The molecule has 0 spiro atoms. The maximum Gasteiger partial charge on any atom is 0.433 e. The number of nitrogens with zero attached hydrogens (tertiary/aromatic N) is 1. The van der Waals surface area contributed by atoms with Gasteiger partial charge in [0, 0.05) is 29.5 Å². The van der Waals surface area contributed by atoms with Gasteiger partial charge in [0.15, 0.2) is 0 Å². The Kier molecular flexibility index (Phi) is 5.96. The van der Waals surface area contributed by atoms with Crippen molar-refractivity contribution in [2.75, 3.05) is 13.2 Å². The second-order valence-corrected chi connectivity index (χ2v) is 5.54. The number of carbonyl (C=O) groups excluding carboxylic acids is 2. The highest BCUT2D eigenvalue weighted by atomic mass is 32.1. The van der Waals surface area contributed by atoms with Gasteiger partial charge in [-0.3, -0.25) is 14.7 Å². The fraction of sp³-hybridized carbons (Fsp3) is 0.357. The topological polar surface area (TPSA) is 84.1 Å². The average molecular weight is 361 g/mol. The van der Waals surface area contributed by atoms with Crippen molar-refractivity contribution in [2.24, 2.45) is 0 Å². The molecule has 2 aromatic rings. The van der Waals surface area contributed by atoms with E-state index in [1.165, 1.54) is 11.3 Å². The van der Waals surface area contributed by atoms with E-state index < -0.39 is 17.8 Å². The fourth-order valence-electron chi connectivity index (χ4n) is 1.87. The normalized spacial score (nSPS) is 11.3. The van der Waals surface area contributed by atoms with E-state index in [2.05, 4.69) is 10.4 Å². The van der Waals surface area contributed by atoms with Crippen LogP contribution in [0.3, 0.4) is 0 Å². The zero-order chi connectivity index (χ0) is 17.6. The first-order chi connectivity index (χ1) is 11.4. The van der Waals surface area contributed by atoms with E-state index in [0.29, 0.717) is 5.56 Å². The number of aromatic amines is 1. The van der Waals surface area contributed by atoms with Crippen LogP contribution in [-0.4, -0.2) is 35.2 Å². The monoisotopic (exact) mass is 361 g/mol. The Hall–Kier alpha value is -2.36. The Bertz CT molecular complexity index is 683. The molecule has 24 heavy (non-hydrogen) atoms. The summed E-state index contributed by atoms with van der Waals surface area (Å²) in [5, 5.41) is 11.2. The van der Waals surface area contributed by atoms with Gasteiger partial charge >= 0.3 is 12.1 Å². The van der Waals surface area contributed by atoms with Crippen molar-refractivity contribution < 1.29 is 27.5 Å². The molecule has 0 saturated carbocycles. The lowest BCUT2D eigenvalue weighted by Gasteiger charge is -2.08. The van der Waals surface area contributed by atoms with Gasteiger partial charge in [-0.25, -0.2) is 0 Å². The summed E-state index contributed by atoms with van der Waals surface area (Å²) in [6, 6.07) is 1.65. The number of H-pyrrole nitrogens is 1. The minimum atomic E-state index is -4.53. The molecule has 0 saturated heterocycles. The van der Waals surface area contributed by atoms with E-state index >= 15 is 0 Å². The SMILES string of the molecule is O=C(CCNC(=O)c1ccsc1)OCCc1cn[nH]c1C(F)(F)F. The average Bonchev–Trinajstić information content (AvgIpc) is 3.18. The largest absolute Gasteiger partial charge is 0.465 e. The molecule has 6 nitrogen and oxygen atoms in total. The lowest BCUT2D eigenvalue weighted by atomic mass is 10.2. The maximum absolute atomic E-state index is 12.6. The van der Waals surface area contributed by atoms with Gasteiger partial charge in [0.1, 0.15) is 5.69 Å². The molecule has 2 heterocycles. The van der Waals surface area contributed by atoms with Crippen molar-refractivity contribution >= 4 is 23.2 Å². The van der Waals surface area contributed by atoms with Gasteiger partial charge in [-0.1, -0.05) is 0 Å². The molecule has 0 aliphatic rings. The first-order valence-corrected chi connectivity index (χ1v) is 7.87. The van der Waals surface area contributed by atoms with Crippen molar-refractivity contribution in [1.82, 2.24) is 15.5 Å². The summed E-state index contributed by atoms with van der Waals surface area (Å²) in [6.45, 7) is -0.104. The van der Waals surface area contributed by atoms with Crippen LogP contribution in [0.2, 0.25) is 0 Å². The third-order valence-corrected chi connectivity index (χ3v) is 3.72. The van der Waals surface area contributed by atoms with Gasteiger partial charge in [0.2, 0.25) is 0 Å². The zero-order valence-corrected chi connectivity index (χ0v) is 13.2. The Balaban J connectivity index is 1.67. The number of aromatic nitrogens is 2. The van der Waals surface area contributed by atoms with Gasteiger partial charge in [0.25, 0.3) is 5.91 Å². The molecule has 0 aliphatic heterocycles. The molecule has 0 fully saturated rings. The zero-order valence-electron chi connectivity index (χ0n) is 12.4. The van der Waals surface area contributed by atoms with Gasteiger partial charge in [-0.05, 0) is 11.4 Å². The minimum absolute atomic E-state index is 0.0621. The van der Waals surface area contributed by atoms with Crippen LogP contribution >= 0.6 is 11.3 Å². The van der Waals surface area contributed by atoms with Crippen LogP contribution in [0.1, 0.15) is 28.0 Å². The number of hydrogen-bond donors (Lipinski definition) is 2. The number of carbonyl (C=O) groups is 2. The molecule has 0 radical (unpaired) electrons. The molecule has 2 N–H and O–H groups in total. The summed E-state index contributed by atoms with van der Waals surface area (Å²) in [7, 11) is 0. The molecule has 2 aromatic heterocycles. The molecule has 0 aromatic carbocycles. The fourth-order valence-corrected chi connectivity index (χ4v) is 2.50. The molecule has 0 bridgehead atoms. The minimum Gasteiger partial charge on any atom is -0.465 e. The van der Waals surface area contributed by atoms with Crippen molar-refractivity contribution in [2.45, 2.75) is 19.0 Å². The quantitative estimate of drug-likeness (QED) is 0.742. The summed E-state index contributed by atoms with van der Waals surface area (Å²) in [5.41, 5.74) is -0.504. The highest BCUT2D eigenvalue weighted by molar-refractivity contribution is 7.08. The summed E-state index contributed by atoms with van der Waals surface area (Å²) in [4.78, 5) is 23.1. The summed E-state index contributed by atoms with van der Waals surface area (Å²) in [5.74, 6) is -0.894. The van der Waals surface area contributed by atoms with E-state index in [-0.39, 0.29) is 37.5 Å². The molecule has 0 aliphatic carbocycles. The molecular formula is C14H14F3N3O3S. The van der Waals surface area contributed by atoms with Crippen LogP contribution in [0.5, 0.6) is 0 Å². The molecular weight excluding hydrogens is 347 g/mol. The van der Waals surface area contributed by atoms with E-state index in [9.17, 15) is 22.8 Å². The third kappa shape index (κ3) is 5.08. The highest BCUT2D eigenvalue weighted by Crippen LogP contribution is 2.30. The van der Waals surface area contributed by atoms with Gasteiger partial charge in [-0.2, -0.15) is 29.6 Å². The van der Waals surface area contributed by atoms with Crippen molar-refractivity contribution in [3.63, 3.8) is 0 Å². The van der Waals surface area contributed by atoms with Crippen molar-refractivity contribution in [1.29, 1.82) is 0 Å². The second-order valence-electron chi connectivity index (χ2n) is 4.76.